The maximum atomic E-state index is 10.1. The monoisotopic (exact) mass is 279 g/mol. The summed E-state index contributed by atoms with van der Waals surface area (Å²) in [6.45, 7) is 0.683. The highest BCUT2D eigenvalue weighted by Crippen LogP contribution is 2.29. The molecule has 0 radical (unpaired) electrons. The molecule has 2 heterocycles. The molecule has 1 atom stereocenters. The molecule has 1 aliphatic carbocycles. The largest absolute Gasteiger partial charge is 0.388 e. The smallest absolute Gasteiger partial charge is 0.129 e. The number of aliphatic hydroxyl groups is 1. The standard InChI is InChI=1S/C14H18ClN3O/c1-17-13(15)6-16-14(17)9-18-7-10-4-2-3-5-12(19)11(10)8-18/h6-8,12,19H,2-5,9H2,1H3. The normalized spacial score (nSPS) is 19.2. The molecule has 4 nitrogen and oxygen atoms in total. The minimum Gasteiger partial charge on any atom is -0.388 e. The second-order valence-corrected chi connectivity index (χ2v) is 5.62. The number of hydrogen-bond donors (Lipinski definition) is 1. The van der Waals surface area contributed by atoms with Crippen LogP contribution in [0.5, 0.6) is 0 Å². The first-order chi connectivity index (χ1) is 9.15. The van der Waals surface area contributed by atoms with Crippen molar-refractivity contribution in [1.29, 1.82) is 0 Å². The average Bonchev–Trinajstić information content (AvgIpc) is 2.88. The van der Waals surface area contributed by atoms with E-state index in [1.54, 1.807) is 6.20 Å². The first-order valence-electron chi connectivity index (χ1n) is 6.68. The molecule has 1 N–H and O–H groups in total. The van der Waals surface area contributed by atoms with Crippen LogP contribution < -0.4 is 0 Å². The maximum Gasteiger partial charge on any atom is 0.129 e. The Morgan fingerprint density at radius 2 is 2.26 bits per heavy atom. The van der Waals surface area contributed by atoms with E-state index in [-0.39, 0.29) is 6.10 Å². The fraction of sp³-hybridized carbons (Fsp3) is 0.500. The molecule has 0 saturated carbocycles. The summed E-state index contributed by atoms with van der Waals surface area (Å²) < 4.78 is 3.97. The summed E-state index contributed by atoms with van der Waals surface area (Å²) in [4.78, 5) is 4.30. The van der Waals surface area contributed by atoms with Crippen LogP contribution in [0.3, 0.4) is 0 Å². The average molecular weight is 280 g/mol. The van der Waals surface area contributed by atoms with Crippen LogP contribution in [0.15, 0.2) is 18.6 Å². The molecular weight excluding hydrogens is 262 g/mol. The van der Waals surface area contributed by atoms with E-state index in [1.165, 1.54) is 5.56 Å². The highest BCUT2D eigenvalue weighted by molar-refractivity contribution is 6.29. The number of fused-ring (bicyclic) bond motifs is 1. The van der Waals surface area contributed by atoms with Gasteiger partial charge in [-0.1, -0.05) is 18.0 Å². The molecule has 3 rings (SSSR count). The third kappa shape index (κ3) is 2.42. The van der Waals surface area contributed by atoms with Crippen LogP contribution in [0.4, 0.5) is 0 Å². The zero-order chi connectivity index (χ0) is 13.4. The SMILES string of the molecule is Cn1c(Cl)cnc1Cn1cc2c(c1)C(O)CCCC2. The molecule has 102 valence electrons. The second-order valence-electron chi connectivity index (χ2n) is 5.23. The van der Waals surface area contributed by atoms with Crippen LogP contribution in [-0.2, 0) is 20.0 Å². The van der Waals surface area contributed by atoms with E-state index in [2.05, 4.69) is 15.7 Å². The van der Waals surface area contributed by atoms with Crippen LogP contribution in [0.1, 0.15) is 42.3 Å². The number of hydrogen-bond acceptors (Lipinski definition) is 2. The fourth-order valence-electron chi connectivity index (χ4n) is 2.72. The first kappa shape index (κ1) is 12.8. The van der Waals surface area contributed by atoms with Gasteiger partial charge in [0.25, 0.3) is 0 Å². The van der Waals surface area contributed by atoms with Gasteiger partial charge in [0.2, 0.25) is 0 Å². The number of rotatable bonds is 2. The lowest BCUT2D eigenvalue weighted by atomic mass is 10.1. The zero-order valence-electron chi connectivity index (χ0n) is 11.0. The minimum atomic E-state index is -0.316. The number of aromatic nitrogens is 3. The number of aryl methyl sites for hydroxylation is 1. The Labute approximate surface area is 117 Å². The number of imidazole rings is 1. The van der Waals surface area contributed by atoms with E-state index in [0.717, 1.165) is 37.1 Å². The van der Waals surface area contributed by atoms with Gasteiger partial charge >= 0.3 is 0 Å². The van der Waals surface area contributed by atoms with Crippen LogP contribution in [0.25, 0.3) is 0 Å². The van der Waals surface area contributed by atoms with Gasteiger partial charge in [-0.05, 0) is 24.8 Å². The molecular formula is C14H18ClN3O. The highest BCUT2D eigenvalue weighted by atomic mass is 35.5. The molecule has 2 aromatic rings. The van der Waals surface area contributed by atoms with Gasteiger partial charge in [-0.15, -0.1) is 0 Å². The predicted octanol–water partition coefficient (Wildman–Crippen LogP) is 2.68. The van der Waals surface area contributed by atoms with E-state index < -0.39 is 0 Å². The molecule has 19 heavy (non-hydrogen) atoms. The van der Waals surface area contributed by atoms with Crippen molar-refractivity contribution >= 4 is 11.6 Å². The molecule has 1 unspecified atom stereocenters. The maximum absolute atomic E-state index is 10.1. The summed E-state index contributed by atoms with van der Waals surface area (Å²) >= 11 is 5.99. The predicted molar refractivity (Wildman–Crippen MR) is 74.3 cm³/mol. The summed E-state index contributed by atoms with van der Waals surface area (Å²) in [5.41, 5.74) is 2.35. The molecule has 2 aromatic heterocycles. The summed E-state index contributed by atoms with van der Waals surface area (Å²) in [5.74, 6) is 0.921. The third-order valence-corrected chi connectivity index (χ3v) is 4.23. The van der Waals surface area contributed by atoms with Crippen molar-refractivity contribution in [2.45, 2.75) is 38.3 Å². The molecule has 0 amide bonds. The molecule has 0 bridgehead atoms. The van der Waals surface area contributed by atoms with Crippen LogP contribution in [-0.4, -0.2) is 19.2 Å². The second kappa shape index (κ2) is 5.02. The summed E-state index contributed by atoms with van der Waals surface area (Å²) in [5, 5.41) is 10.8. The molecule has 0 fully saturated rings. The lowest BCUT2D eigenvalue weighted by Gasteiger charge is -2.06. The van der Waals surface area contributed by atoms with Crippen molar-refractivity contribution in [3.8, 4) is 0 Å². The summed E-state index contributed by atoms with van der Waals surface area (Å²) in [6.07, 6.45) is 9.71. The van der Waals surface area contributed by atoms with Crippen molar-refractivity contribution < 1.29 is 5.11 Å². The van der Waals surface area contributed by atoms with Crippen LogP contribution in [0.2, 0.25) is 5.15 Å². The molecule has 0 saturated heterocycles. The molecule has 0 spiro atoms. The van der Waals surface area contributed by atoms with Gasteiger partial charge in [0.15, 0.2) is 0 Å². The van der Waals surface area contributed by atoms with E-state index in [1.807, 2.05) is 17.8 Å². The molecule has 5 heteroatoms. The van der Waals surface area contributed by atoms with E-state index in [9.17, 15) is 5.11 Å². The first-order valence-corrected chi connectivity index (χ1v) is 7.05. The Kier molecular flexibility index (Phi) is 3.37. The fourth-order valence-corrected chi connectivity index (χ4v) is 2.86. The zero-order valence-corrected chi connectivity index (χ0v) is 11.8. The Morgan fingerprint density at radius 1 is 1.42 bits per heavy atom. The summed E-state index contributed by atoms with van der Waals surface area (Å²) in [7, 11) is 1.91. The van der Waals surface area contributed by atoms with Crippen molar-refractivity contribution in [3.05, 3.63) is 40.7 Å². The molecule has 1 aliphatic rings. The van der Waals surface area contributed by atoms with E-state index in [4.69, 9.17) is 11.6 Å². The Morgan fingerprint density at radius 3 is 3.00 bits per heavy atom. The van der Waals surface area contributed by atoms with Crippen molar-refractivity contribution in [2.75, 3.05) is 0 Å². The Bertz CT molecular complexity index is 588. The topological polar surface area (TPSA) is 43.0 Å². The molecule has 0 aromatic carbocycles. The molecule has 0 aliphatic heterocycles. The van der Waals surface area contributed by atoms with Crippen LogP contribution >= 0.6 is 11.6 Å². The van der Waals surface area contributed by atoms with E-state index in [0.29, 0.717) is 11.7 Å². The third-order valence-electron chi connectivity index (χ3n) is 3.88. The van der Waals surface area contributed by atoms with E-state index >= 15 is 0 Å². The lowest BCUT2D eigenvalue weighted by Crippen LogP contribution is -2.04. The number of halogens is 1. The van der Waals surface area contributed by atoms with Gasteiger partial charge in [-0.2, -0.15) is 0 Å². The van der Waals surface area contributed by atoms with Gasteiger partial charge in [-0.25, -0.2) is 4.98 Å². The van der Waals surface area contributed by atoms with Crippen LogP contribution in [0, 0.1) is 0 Å². The van der Waals surface area contributed by atoms with Gasteiger partial charge in [0.1, 0.15) is 11.0 Å². The number of nitrogens with zero attached hydrogens (tertiary/aromatic N) is 3. The Balaban J connectivity index is 1.87. The lowest BCUT2D eigenvalue weighted by molar-refractivity contribution is 0.166. The van der Waals surface area contributed by atoms with Gasteiger partial charge < -0.3 is 14.2 Å². The number of aliphatic hydroxyl groups excluding tert-OH is 1. The highest BCUT2D eigenvalue weighted by Gasteiger charge is 2.18. The van der Waals surface area contributed by atoms with Gasteiger partial charge in [-0.3, -0.25) is 0 Å². The quantitative estimate of drug-likeness (QED) is 0.859. The minimum absolute atomic E-state index is 0.316. The van der Waals surface area contributed by atoms with Crippen molar-refractivity contribution in [1.82, 2.24) is 14.1 Å². The van der Waals surface area contributed by atoms with Crippen molar-refractivity contribution in [2.24, 2.45) is 7.05 Å². The van der Waals surface area contributed by atoms with Gasteiger partial charge in [0, 0.05) is 25.0 Å². The Hall–Kier alpha value is -1.26. The van der Waals surface area contributed by atoms with Crippen molar-refractivity contribution in [3.63, 3.8) is 0 Å². The summed E-state index contributed by atoms with van der Waals surface area (Å²) in [6, 6.07) is 0. The van der Waals surface area contributed by atoms with Gasteiger partial charge in [0.05, 0.1) is 18.8 Å².